The average Bonchev–Trinajstić information content (AvgIpc) is 2.50. The lowest BCUT2D eigenvalue weighted by Gasteiger charge is -2.25. The molecule has 0 spiro atoms. The van der Waals surface area contributed by atoms with Crippen molar-refractivity contribution in [1.82, 2.24) is 5.32 Å². The van der Waals surface area contributed by atoms with Gasteiger partial charge in [-0.15, -0.1) is 0 Å². The third-order valence-corrected chi connectivity index (χ3v) is 3.81. The van der Waals surface area contributed by atoms with E-state index in [2.05, 4.69) is 22.8 Å². The Morgan fingerprint density at radius 2 is 2.00 bits per heavy atom. The molecule has 0 aliphatic carbocycles. The first-order valence-corrected chi connectivity index (χ1v) is 7.04. The van der Waals surface area contributed by atoms with Gasteiger partial charge in [0.05, 0.1) is 11.7 Å². The zero-order valence-corrected chi connectivity index (χ0v) is 11.9. The molecule has 1 aliphatic heterocycles. The molecule has 0 saturated carbocycles. The molecule has 21 heavy (non-hydrogen) atoms. The highest BCUT2D eigenvalue weighted by atomic mass is 16.3. The molecule has 1 amide bonds. The molecule has 1 atom stereocenters. The second kappa shape index (κ2) is 5.58. The van der Waals surface area contributed by atoms with Crippen molar-refractivity contribution in [3.63, 3.8) is 0 Å². The maximum atomic E-state index is 12.4. The Balaban J connectivity index is 1.74. The maximum absolute atomic E-state index is 12.4. The van der Waals surface area contributed by atoms with Gasteiger partial charge in [0.2, 0.25) is 5.91 Å². The Morgan fingerprint density at radius 3 is 2.81 bits per heavy atom. The van der Waals surface area contributed by atoms with Gasteiger partial charge in [-0.3, -0.25) is 4.79 Å². The van der Waals surface area contributed by atoms with Gasteiger partial charge in [0.15, 0.2) is 0 Å². The monoisotopic (exact) mass is 282 g/mol. The smallest absolute Gasteiger partial charge is 0.241 e. The van der Waals surface area contributed by atoms with Crippen molar-refractivity contribution < 1.29 is 9.90 Å². The molecule has 108 valence electrons. The molecule has 2 aromatic carbocycles. The van der Waals surface area contributed by atoms with Crippen LogP contribution in [-0.4, -0.2) is 17.1 Å². The minimum Gasteiger partial charge on any atom is -0.506 e. The number of aryl methyl sites for hydroxylation is 1. The predicted molar refractivity (Wildman–Crippen MR) is 82.2 cm³/mol. The first-order valence-electron chi connectivity index (χ1n) is 7.04. The standard InChI is InChI=1S/C17H18N2O2/c1-11-6-7-16(20)14(8-11)19-17(21)15-9-12-4-2-3-5-13(12)10-18-15/h2-8,15,18,20H,9-10H2,1H3,(H,19,21)/t15-/m1/s1. The van der Waals surface area contributed by atoms with Crippen LogP contribution in [-0.2, 0) is 17.8 Å². The van der Waals surface area contributed by atoms with Crippen molar-refractivity contribution in [2.75, 3.05) is 5.32 Å². The number of fused-ring (bicyclic) bond motifs is 1. The third-order valence-electron chi connectivity index (χ3n) is 3.81. The fourth-order valence-electron chi connectivity index (χ4n) is 2.61. The largest absolute Gasteiger partial charge is 0.506 e. The lowest BCUT2D eigenvalue weighted by atomic mass is 9.95. The van der Waals surface area contributed by atoms with Crippen molar-refractivity contribution in [3.8, 4) is 5.75 Å². The fraction of sp³-hybridized carbons (Fsp3) is 0.235. The number of phenolic OH excluding ortho intramolecular Hbond substituents is 1. The molecule has 1 aliphatic rings. The normalized spacial score (nSPS) is 17.1. The number of nitrogens with one attached hydrogen (secondary N) is 2. The van der Waals surface area contributed by atoms with Gasteiger partial charge in [-0.1, -0.05) is 30.3 Å². The van der Waals surface area contributed by atoms with Gasteiger partial charge in [-0.05, 0) is 42.2 Å². The highest BCUT2D eigenvalue weighted by Gasteiger charge is 2.24. The quantitative estimate of drug-likeness (QED) is 0.741. The molecule has 0 aromatic heterocycles. The summed E-state index contributed by atoms with van der Waals surface area (Å²) < 4.78 is 0. The Kier molecular flexibility index (Phi) is 3.62. The van der Waals surface area contributed by atoms with Gasteiger partial charge in [0.25, 0.3) is 0 Å². The summed E-state index contributed by atoms with van der Waals surface area (Å²) in [6.07, 6.45) is 0.661. The van der Waals surface area contributed by atoms with Crippen LogP contribution in [0.3, 0.4) is 0 Å². The highest BCUT2D eigenvalue weighted by Crippen LogP contribution is 2.24. The summed E-state index contributed by atoms with van der Waals surface area (Å²) in [5.41, 5.74) is 3.88. The van der Waals surface area contributed by atoms with E-state index in [1.54, 1.807) is 18.2 Å². The van der Waals surface area contributed by atoms with E-state index in [9.17, 15) is 9.90 Å². The first-order chi connectivity index (χ1) is 10.1. The Hall–Kier alpha value is -2.33. The van der Waals surface area contributed by atoms with Gasteiger partial charge >= 0.3 is 0 Å². The average molecular weight is 282 g/mol. The SMILES string of the molecule is Cc1ccc(O)c(NC(=O)[C@H]2Cc3ccccc3CN2)c1. The van der Waals surface area contributed by atoms with Crippen molar-refractivity contribution in [2.24, 2.45) is 0 Å². The second-order valence-electron chi connectivity index (χ2n) is 5.42. The van der Waals surface area contributed by atoms with E-state index in [-0.39, 0.29) is 17.7 Å². The van der Waals surface area contributed by atoms with Crippen LogP contribution in [0.15, 0.2) is 42.5 Å². The summed E-state index contributed by atoms with van der Waals surface area (Å²) in [5, 5.41) is 15.8. The van der Waals surface area contributed by atoms with Gasteiger partial charge < -0.3 is 15.7 Å². The van der Waals surface area contributed by atoms with Gasteiger partial charge in [0.1, 0.15) is 5.75 Å². The Labute approximate surface area is 123 Å². The molecular formula is C17H18N2O2. The minimum atomic E-state index is -0.278. The zero-order valence-electron chi connectivity index (χ0n) is 11.9. The van der Waals surface area contributed by atoms with Crippen LogP contribution < -0.4 is 10.6 Å². The lowest BCUT2D eigenvalue weighted by molar-refractivity contribution is -0.118. The number of carbonyl (C=O) groups is 1. The fourth-order valence-corrected chi connectivity index (χ4v) is 2.61. The second-order valence-corrected chi connectivity index (χ2v) is 5.42. The van der Waals surface area contributed by atoms with Gasteiger partial charge in [-0.2, -0.15) is 0 Å². The predicted octanol–water partition coefficient (Wildman–Crippen LogP) is 2.35. The van der Waals surface area contributed by atoms with Crippen molar-refractivity contribution in [1.29, 1.82) is 0 Å². The van der Waals surface area contributed by atoms with Crippen molar-refractivity contribution in [3.05, 3.63) is 59.2 Å². The summed E-state index contributed by atoms with van der Waals surface area (Å²) in [4.78, 5) is 12.4. The molecule has 3 rings (SSSR count). The number of hydrogen-bond donors (Lipinski definition) is 3. The van der Waals surface area contributed by atoms with E-state index in [0.29, 0.717) is 18.7 Å². The zero-order chi connectivity index (χ0) is 14.8. The molecule has 2 aromatic rings. The molecule has 3 N–H and O–H groups in total. The summed E-state index contributed by atoms with van der Waals surface area (Å²) in [6.45, 7) is 2.61. The van der Waals surface area contributed by atoms with Crippen LogP contribution >= 0.6 is 0 Å². The molecule has 0 unspecified atom stereocenters. The molecule has 0 saturated heterocycles. The minimum absolute atomic E-state index is 0.0881. The third kappa shape index (κ3) is 2.90. The summed E-state index contributed by atoms with van der Waals surface area (Å²) in [6, 6.07) is 13.0. The van der Waals surface area contributed by atoms with E-state index in [0.717, 1.165) is 5.56 Å². The number of benzene rings is 2. The molecule has 0 fully saturated rings. The number of hydrogen-bond acceptors (Lipinski definition) is 3. The summed E-state index contributed by atoms with van der Waals surface area (Å²) >= 11 is 0. The van der Waals surface area contributed by atoms with Crippen molar-refractivity contribution in [2.45, 2.75) is 25.9 Å². The lowest BCUT2D eigenvalue weighted by Crippen LogP contribution is -2.44. The van der Waals surface area contributed by atoms with E-state index in [4.69, 9.17) is 0 Å². The number of rotatable bonds is 2. The summed E-state index contributed by atoms with van der Waals surface area (Å²) in [5.74, 6) is -0.0319. The first kappa shape index (κ1) is 13.6. The number of carbonyl (C=O) groups excluding carboxylic acids is 1. The maximum Gasteiger partial charge on any atom is 0.241 e. The number of amides is 1. The highest BCUT2D eigenvalue weighted by molar-refractivity contribution is 5.96. The molecule has 4 nitrogen and oxygen atoms in total. The molecule has 0 bridgehead atoms. The molecule has 1 heterocycles. The van der Waals surface area contributed by atoms with Crippen LogP contribution in [0.25, 0.3) is 0 Å². The van der Waals surface area contributed by atoms with E-state index in [1.807, 2.05) is 19.1 Å². The molecule has 0 radical (unpaired) electrons. The van der Waals surface area contributed by atoms with Crippen LogP contribution in [0.5, 0.6) is 5.75 Å². The topological polar surface area (TPSA) is 61.4 Å². The summed E-state index contributed by atoms with van der Waals surface area (Å²) in [7, 11) is 0. The number of anilines is 1. The van der Waals surface area contributed by atoms with Crippen LogP contribution in [0, 0.1) is 6.92 Å². The van der Waals surface area contributed by atoms with Crippen LogP contribution in [0.4, 0.5) is 5.69 Å². The van der Waals surface area contributed by atoms with Crippen LogP contribution in [0.2, 0.25) is 0 Å². The molecular weight excluding hydrogens is 264 g/mol. The number of aromatic hydroxyl groups is 1. The van der Waals surface area contributed by atoms with E-state index < -0.39 is 0 Å². The van der Waals surface area contributed by atoms with E-state index in [1.165, 1.54) is 11.1 Å². The van der Waals surface area contributed by atoms with Crippen LogP contribution in [0.1, 0.15) is 16.7 Å². The van der Waals surface area contributed by atoms with Gasteiger partial charge in [0, 0.05) is 6.54 Å². The Bertz CT molecular complexity index is 682. The molecule has 4 heteroatoms. The van der Waals surface area contributed by atoms with E-state index >= 15 is 0 Å². The Morgan fingerprint density at radius 1 is 1.24 bits per heavy atom. The van der Waals surface area contributed by atoms with Gasteiger partial charge in [-0.25, -0.2) is 0 Å². The number of phenols is 1. The van der Waals surface area contributed by atoms with Crippen molar-refractivity contribution >= 4 is 11.6 Å².